The Kier molecular flexibility index (Phi) is 9.21. The third-order valence-corrected chi connectivity index (χ3v) is 6.89. The molecule has 2 aromatic rings. The van der Waals surface area contributed by atoms with Gasteiger partial charge in [-0.3, -0.25) is 13.9 Å². The van der Waals surface area contributed by atoms with Gasteiger partial charge in [0, 0.05) is 18.2 Å². The van der Waals surface area contributed by atoms with Crippen LogP contribution in [0.5, 0.6) is 0 Å². The molecule has 2 aromatic carbocycles. The van der Waals surface area contributed by atoms with Gasteiger partial charge in [0.15, 0.2) is 0 Å². The number of nitrogens with one attached hydrogen (secondary N) is 1. The van der Waals surface area contributed by atoms with E-state index in [-0.39, 0.29) is 18.2 Å². The molecule has 1 N–H and O–H groups in total. The molecule has 186 valence electrons. The summed E-state index contributed by atoms with van der Waals surface area (Å²) in [4.78, 5) is 27.6. The largest absolute Gasteiger partial charge is 0.352 e. The number of benzene rings is 2. The van der Waals surface area contributed by atoms with Gasteiger partial charge >= 0.3 is 0 Å². The van der Waals surface area contributed by atoms with Crippen LogP contribution in [0.1, 0.15) is 43.9 Å². The zero-order valence-corrected chi connectivity index (χ0v) is 21.4. The van der Waals surface area contributed by atoms with E-state index in [0.29, 0.717) is 17.7 Å². The molecule has 34 heavy (non-hydrogen) atoms. The number of rotatable bonds is 10. The van der Waals surface area contributed by atoms with Crippen LogP contribution in [0.25, 0.3) is 0 Å². The maximum atomic E-state index is 14.4. The fourth-order valence-electron chi connectivity index (χ4n) is 3.54. The number of halogens is 1. The molecule has 2 rings (SSSR count). The van der Waals surface area contributed by atoms with Crippen LogP contribution in [-0.4, -0.2) is 50.0 Å². The molecule has 0 heterocycles. The van der Waals surface area contributed by atoms with Crippen molar-refractivity contribution in [2.75, 3.05) is 17.1 Å². The molecule has 0 aromatic heterocycles. The number of nitrogens with zero attached hydrogens (tertiary/aromatic N) is 2. The molecule has 2 amide bonds. The second-order valence-corrected chi connectivity index (χ2v) is 10.6. The highest BCUT2D eigenvalue weighted by atomic mass is 32.2. The molecule has 0 bridgehead atoms. The molecular weight excluding hydrogens is 457 g/mol. The van der Waals surface area contributed by atoms with Gasteiger partial charge in [0.05, 0.1) is 11.9 Å². The first-order valence-electron chi connectivity index (χ1n) is 11.2. The lowest BCUT2D eigenvalue weighted by Crippen LogP contribution is -2.52. The molecule has 0 aliphatic carbocycles. The van der Waals surface area contributed by atoms with Crippen LogP contribution < -0.4 is 9.62 Å². The minimum Gasteiger partial charge on any atom is -0.352 e. The Labute approximate surface area is 202 Å². The number of carbonyl (C=O) groups excluding carboxylic acids is 2. The Hall–Kier alpha value is -2.94. The predicted octanol–water partition coefficient (Wildman–Crippen LogP) is 3.54. The van der Waals surface area contributed by atoms with E-state index in [1.165, 1.54) is 23.1 Å². The maximum absolute atomic E-state index is 14.4. The Bertz CT molecular complexity index is 1140. The van der Waals surface area contributed by atoms with Crippen molar-refractivity contribution in [3.63, 3.8) is 0 Å². The molecule has 0 unspecified atom stereocenters. The van der Waals surface area contributed by atoms with Gasteiger partial charge in [-0.15, -0.1) is 0 Å². The number of carbonyl (C=O) groups is 2. The van der Waals surface area contributed by atoms with Gasteiger partial charge in [0.2, 0.25) is 21.8 Å². The molecule has 0 aliphatic heterocycles. The lowest BCUT2D eigenvalue weighted by Gasteiger charge is -2.32. The van der Waals surface area contributed by atoms with E-state index in [9.17, 15) is 22.4 Å². The van der Waals surface area contributed by atoms with Crippen molar-refractivity contribution in [3.05, 3.63) is 65.0 Å². The van der Waals surface area contributed by atoms with Gasteiger partial charge in [0.25, 0.3) is 0 Å². The summed E-state index contributed by atoms with van der Waals surface area (Å²) < 4.78 is 40.7. The average molecular weight is 492 g/mol. The lowest BCUT2D eigenvalue weighted by molar-refractivity contribution is -0.139. The Morgan fingerprint density at radius 3 is 2.29 bits per heavy atom. The van der Waals surface area contributed by atoms with E-state index in [1.807, 2.05) is 26.8 Å². The summed E-state index contributed by atoms with van der Waals surface area (Å²) in [7, 11) is -3.82. The molecule has 0 saturated carbocycles. The third kappa shape index (κ3) is 7.03. The van der Waals surface area contributed by atoms with Crippen LogP contribution in [0, 0.1) is 19.7 Å². The van der Waals surface area contributed by atoms with Crippen molar-refractivity contribution in [2.24, 2.45) is 0 Å². The number of hydrogen-bond acceptors (Lipinski definition) is 4. The number of aryl methyl sites for hydroxylation is 2. The summed E-state index contributed by atoms with van der Waals surface area (Å²) in [6.45, 7) is 8.29. The van der Waals surface area contributed by atoms with Crippen molar-refractivity contribution >= 4 is 27.5 Å². The van der Waals surface area contributed by atoms with Crippen LogP contribution in [0.15, 0.2) is 42.5 Å². The zero-order chi connectivity index (χ0) is 25.6. The highest BCUT2D eigenvalue weighted by molar-refractivity contribution is 7.92. The smallest absolute Gasteiger partial charge is 0.244 e. The lowest BCUT2D eigenvalue weighted by atomic mass is 10.1. The van der Waals surface area contributed by atoms with Crippen molar-refractivity contribution in [1.29, 1.82) is 0 Å². The van der Waals surface area contributed by atoms with Crippen LogP contribution in [0.4, 0.5) is 10.1 Å². The van der Waals surface area contributed by atoms with Gasteiger partial charge in [-0.25, -0.2) is 12.8 Å². The van der Waals surface area contributed by atoms with E-state index in [4.69, 9.17) is 0 Å². The van der Waals surface area contributed by atoms with E-state index in [2.05, 4.69) is 5.32 Å². The number of hydrogen-bond donors (Lipinski definition) is 1. The van der Waals surface area contributed by atoms with Crippen molar-refractivity contribution < 1.29 is 22.4 Å². The van der Waals surface area contributed by atoms with Gasteiger partial charge in [0.1, 0.15) is 18.4 Å². The summed E-state index contributed by atoms with van der Waals surface area (Å²) in [6.07, 6.45) is 1.73. The summed E-state index contributed by atoms with van der Waals surface area (Å²) in [5.74, 6) is -1.51. The highest BCUT2D eigenvalue weighted by Crippen LogP contribution is 2.24. The molecule has 0 radical (unpaired) electrons. The predicted molar refractivity (Wildman–Crippen MR) is 132 cm³/mol. The second-order valence-electron chi connectivity index (χ2n) is 8.67. The van der Waals surface area contributed by atoms with Crippen molar-refractivity contribution in [3.8, 4) is 0 Å². The minimum atomic E-state index is -3.82. The monoisotopic (exact) mass is 491 g/mol. The molecule has 0 fully saturated rings. The standard InChI is InChI=1S/C25H34FN3O4S/c1-7-19(4)27-25(31)20(5)28(15-21-10-8-9-11-22(21)26)24(30)16-29(34(6,32)33)23-13-12-17(2)14-18(23)3/h8-14,19-20H,7,15-16H2,1-6H3,(H,27,31)/t19-,20+/m1/s1. The van der Waals surface area contributed by atoms with E-state index in [0.717, 1.165) is 16.1 Å². The molecular formula is C25H34FN3O4S. The summed E-state index contributed by atoms with van der Waals surface area (Å²) in [6, 6.07) is 10.2. The number of sulfonamides is 1. The van der Waals surface area contributed by atoms with E-state index in [1.54, 1.807) is 32.0 Å². The van der Waals surface area contributed by atoms with Gasteiger partial charge in [-0.2, -0.15) is 0 Å². The third-order valence-electron chi connectivity index (χ3n) is 5.77. The number of anilines is 1. The molecule has 7 nitrogen and oxygen atoms in total. The van der Waals surface area contributed by atoms with Crippen LogP contribution >= 0.6 is 0 Å². The van der Waals surface area contributed by atoms with E-state index >= 15 is 0 Å². The SMILES string of the molecule is CC[C@@H](C)NC(=O)[C@H](C)N(Cc1ccccc1F)C(=O)CN(c1ccc(C)cc1C)S(C)(=O)=O. The molecule has 0 spiro atoms. The van der Waals surface area contributed by atoms with Crippen LogP contribution in [0.2, 0.25) is 0 Å². The Balaban J connectivity index is 2.43. The highest BCUT2D eigenvalue weighted by Gasteiger charge is 2.31. The summed E-state index contributed by atoms with van der Waals surface area (Å²) in [5.41, 5.74) is 2.26. The normalized spacial score (nSPS) is 13.1. The van der Waals surface area contributed by atoms with Gasteiger partial charge in [-0.05, 0) is 51.8 Å². The Morgan fingerprint density at radius 1 is 1.09 bits per heavy atom. The second kappa shape index (κ2) is 11.5. The zero-order valence-electron chi connectivity index (χ0n) is 20.6. The summed E-state index contributed by atoms with van der Waals surface area (Å²) >= 11 is 0. The molecule has 9 heteroatoms. The van der Waals surface area contributed by atoms with E-state index < -0.39 is 40.2 Å². The van der Waals surface area contributed by atoms with Gasteiger partial charge < -0.3 is 10.2 Å². The number of amides is 2. The van der Waals surface area contributed by atoms with Crippen molar-refractivity contribution in [2.45, 2.75) is 59.7 Å². The van der Waals surface area contributed by atoms with Crippen molar-refractivity contribution in [1.82, 2.24) is 10.2 Å². The first-order valence-corrected chi connectivity index (χ1v) is 13.1. The summed E-state index contributed by atoms with van der Waals surface area (Å²) in [5, 5.41) is 2.84. The van der Waals surface area contributed by atoms with Crippen LogP contribution in [-0.2, 0) is 26.2 Å². The topological polar surface area (TPSA) is 86.8 Å². The first-order chi connectivity index (χ1) is 15.8. The quantitative estimate of drug-likeness (QED) is 0.551. The molecule has 2 atom stereocenters. The minimum absolute atomic E-state index is 0.108. The maximum Gasteiger partial charge on any atom is 0.244 e. The van der Waals surface area contributed by atoms with Gasteiger partial charge in [-0.1, -0.05) is 42.8 Å². The average Bonchev–Trinajstić information content (AvgIpc) is 2.76. The molecule has 0 saturated heterocycles. The van der Waals surface area contributed by atoms with Crippen LogP contribution in [0.3, 0.4) is 0 Å². The first kappa shape index (κ1) is 27.3. The fraction of sp³-hybridized carbons (Fsp3) is 0.440. The fourth-order valence-corrected chi connectivity index (χ4v) is 4.45. The molecule has 0 aliphatic rings. The Morgan fingerprint density at radius 2 is 1.74 bits per heavy atom.